The minimum atomic E-state index is -0.426. The van der Waals surface area contributed by atoms with Crippen molar-refractivity contribution in [3.05, 3.63) is 23.3 Å². The Kier molecular flexibility index (Phi) is 4.81. The van der Waals surface area contributed by atoms with Crippen LogP contribution in [-0.2, 0) is 4.79 Å². The molecule has 0 saturated heterocycles. The van der Waals surface area contributed by atoms with Gasteiger partial charge in [-0.25, -0.2) is 0 Å². The number of hydrazone groups is 1. The number of benzene rings is 1. The molecule has 0 saturated carbocycles. The topological polar surface area (TPSA) is 127 Å². The molecule has 0 aliphatic carbocycles. The molecule has 7 heteroatoms. The number of carbonyl (C=O) groups excluding carboxylic acids is 1. The molecule has 0 aromatic heterocycles. The fraction of sp³-hybridized carbons (Fsp3) is 0.231. The molecular weight excluding hydrogens is 256 g/mol. The fourth-order valence-electron chi connectivity index (χ4n) is 1.46. The summed E-state index contributed by atoms with van der Waals surface area (Å²) in [7, 11) is 0. The molecule has 0 radical (unpaired) electrons. The van der Waals surface area contributed by atoms with Crippen molar-refractivity contribution in [3.8, 4) is 6.07 Å². The van der Waals surface area contributed by atoms with Crippen LogP contribution in [0.3, 0.4) is 0 Å². The maximum absolute atomic E-state index is 11.2. The predicted octanol–water partition coefficient (Wildman–Crippen LogP) is 1.49. The summed E-state index contributed by atoms with van der Waals surface area (Å²) in [4.78, 5) is 11.2. The number of nitriles is 1. The van der Waals surface area contributed by atoms with E-state index < -0.39 is 5.84 Å². The highest BCUT2D eigenvalue weighted by Crippen LogP contribution is 2.26. The van der Waals surface area contributed by atoms with E-state index in [4.69, 9.17) is 16.4 Å². The lowest BCUT2D eigenvalue weighted by molar-refractivity contribution is -0.114. The van der Waals surface area contributed by atoms with Crippen LogP contribution in [0.1, 0.15) is 18.1 Å². The summed E-state index contributed by atoms with van der Waals surface area (Å²) in [6, 6.07) is 5.30. The third kappa shape index (κ3) is 3.81. The molecule has 0 heterocycles. The molecule has 0 atom stereocenters. The first kappa shape index (κ1) is 15.2. The van der Waals surface area contributed by atoms with Crippen molar-refractivity contribution in [1.29, 1.82) is 10.7 Å². The van der Waals surface area contributed by atoms with E-state index in [0.29, 0.717) is 11.4 Å². The maximum Gasteiger partial charge on any atom is 0.221 e. The first-order valence-corrected chi connectivity index (χ1v) is 5.82. The number of aryl methyl sites for hydroxylation is 2. The zero-order chi connectivity index (χ0) is 15.3. The van der Waals surface area contributed by atoms with Gasteiger partial charge in [-0.05, 0) is 37.1 Å². The van der Waals surface area contributed by atoms with E-state index in [1.165, 1.54) is 6.92 Å². The number of nitrogens with zero attached hydrogens (tertiary/aromatic N) is 2. The van der Waals surface area contributed by atoms with E-state index in [1.807, 2.05) is 13.8 Å². The Labute approximate surface area is 117 Å². The second-order valence-corrected chi connectivity index (χ2v) is 4.26. The number of nitrogens with two attached hydrogens (primary N) is 1. The lowest BCUT2D eigenvalue weighted by Gasteiger charge is -2.12. The van der Waals surface area contributed by atoms with Gasteiger partial charge in [0, 0.05) is 6.92 Å². The summed E-state index contributed by atoms with van der Waals surface area (Å²) in [6.45, 7) is 5.24. The number of amides is 1. The molecule has 0 unspecified atom stereocenters. The number of anilines is 2. The van der Waals surface area contributed by atoms with Gasteiger partial charge in [-0.15, -0.1) is 0 Å². The molecule has 0 aliphatic rings. The predicted molar refractivity (Wildman–Crippen MR) is 78.8 cm³/mol. The van der Waals surface area contributed by atoms with Crippen molar-refractivity contribution in [1.82, 2.24) is 0 Å². The first-order chi connectivity index (χ1) is 9.35. The minimum Gasteiger partial charge on any atom is -0.382 e. The van der Waals surface area contributed by atoms with Crippen molar-refractivity contribution >= 4 is 28.8 Å². The van der Waals surface area contributed by atoms with Crippen molar-refractivity contribution in [2.75, 3.05) is 10.7 Å². The first-order valence-electron chi connectivity index (χ1n) is 5.82. The molecule has 104 valence electrons. The number of carbonyl (C=O) groups is 1. The number of hydrogen-bond acceptors (Lipinski definition) is 5. The van der Waals surface area contributed by atoms with Crippen LogP contribution in [0.4, 0.5) is 11.4 Å². The van der Waals surface area contributed by atoms with E-state index in [2.05, 4.69) is 15.8 Å². The Morgan fingerprint density at radius 3 is 2.35 bits per heavy atom. The van der Waals surface area contributed by atoms with E-state index in [9.17, 15) is 4.79 Å². The molecule has 1 aromatic carbocycles. The monoisotopic (exact) mass is 272 g/mol. The summed E-state index contributed by atoms with van der Waals surface area (Å²) in [5, 5.41) is 22.4. The van der Waals surface area contributed by atoms with Crippen LogP contribution in [0.2, 0.25) is 0 Å². The van der Waals surface area contributed by atoms with Gasteiger partial charge >= 0.3 is 0 Å². The van der Waals surface area contributed by atoms with Crippen molar-refractivity contribution in [2.45, 2.75) is 20.8 Å². The molecule has 0 aliphatic heterocycles. The highest BCUT2D eigenvalue weighted by Gasteiger charge is 2.08. The third-order valence-corrected chi connectivity index (χ3v) is 2.59. The highest BCUT2D eigenvalue weighted by atomic mass is 16.1. The van der Waals surface area contributed by atoms with E-state index >= 15 is 0 Å². The molecule has 7 nitrogen and oxygen atoms in total. The van der Waals surface area contributed by atoms with Crippen LogP contribution in [0.15, 0.2) is 17.2 Å². The van der Waals surface area contributed by atoms with E-state index in [-0.39, 0.29) is 11.6 Å². The fourth-order valence-corrected chi connectivity index (χ4v) is 1.46. The van der Waals surface area contributed by atoms with Gasteiger partial charge in [0.1, 0.15) is 6.07 Å². The standard InChI is InChI=1S/C13H16N6O/c1-7-4-10(17-9(3)20)11(5-8(7)2)18-19-12(6-14)13(15)16/h4-5,18H,1-3H3,(H3,15,16)(H,17,20)/b19-12+. The molecule has 1 aromatic rings. The van der Waals surface area contributed by atoms with Crippen LogP contribution in [-0.4, -0.2) is 17.5 Å². The Hall–Kier alpha value is -2.88. The zero-order valence-electron chi connectivity index (χ0n) is 11.5. The number of hydrogen-bond donors (Lipinski definition) is 4. The second kappa shape index (κ2) is 6.33. The average Bonchev–Trinajstić information content (AvgIpc) is 2.34. The molecule has 0 bridgehead atoms. The molecule has 20 heavy (non-hydrogen) atoms. The van der Waals surface area contributed by atoms with Gasteiger partial charge in [-0.1, -0.05) is 0 Å². The van der Waals surface area contributed by atoms with Gasteiger partial charge in [0.2, 0.25) is 11.6 Å². The Bertz CT molecular complexity index is 626. The summed E-state index contributed by atoms with van der Waals surface area (Å²) in [5.41, 5.74) is 10.7. The molecule has 1 rings (SSSR count). The number of amidine groups is 1. The summed E-state index contributed by atoms with van der Waals surface area (Å²) < 4.78 is 0. The molecule has 5 N–H and O–H groups in total. The van der Waals surface area contributed by atoms with Gasteiger partial charge in [-0.2, -0.15) is 10.4 Å². The molecular formula is C13H16N6O. The highest BCUT2D eigenvalue weighted by molar-refractivity contribution is 6.45. The number of nitrogens with one attached hydrogen (secondary N) is 3. The second-order valence-electron chi connectivity index (χ2n) is 4.26. The van der Waals surface area contributed by atoms with E-state index in [0.717, 1.165) is 11.1 Å². The van der Waals surface area contributed by atoms with E-state index in [1.54, 1.807) is 18.2 Å². The number of rotatable bonds is 4. The lowest BCUT2D eigenvalue weighted by Crippen LogP contribution is -2.22. The summed E-state index contributed by atoms with van der Waals surface area (Å²) >= 11 is 0. The smallest absolute Gasteiger partial charge is 0.221 e. The molecule has 0 fully saturated rings. The van der Waals surface area contributed by atoms with Gasteiger partial charge in [0.15, 0.2) is 5.84 Å². The lowest BCUT2D eigenvalue weighted by atomic mass is 10.1. The van der Waals surface area contributed by atoms with Gasteiger partial charge in [-0.3, -0.25) is 15.6 Å². The Morgan fingerprint density at radius 2 is 1.90 bits per heavy atom. The SMILES string of the molecule is CC(=O)Nc1cc(C)c(C)cc1N/N=C(\C#N)C(=N)N. The molecule has 1 amide bonds. The molecule has 0 spiro atoms. The van der Waals surface area contributed by atoms with Crippen LogP contribution in [0.5, 0.6) is 0 Å². The van der Waals surface area contributed by atoms with Gasteiger partial charge < -0.3 is 11.1 Å². The van der Waals surface area contributed by atoms with Gasteiger partial charge in [0.05, 0.1) is 11.4 Å². The maximum atomic E-state index is 11.2. The quantitative estimate of drug-likeness (QED) is 0.376. The van der Waals surface area contributed by atoms with Crippen LogP contribution in [0.25, 0.3) is 0 Å². The Balaban J connectivity index is 3.16. The van der Waals surface area contributed by atoms with Crippen molar-refractivity contribution in [3.63, 3.8) is 0 Å². The van der Waals surface area contributed by atoms with Crippen LogP contribution < -0.4 is 16.5 Å². The zero-order valence-corrected chi connectivity index (χ0v) is 11.5. The van der Waals surface area contributed by atoms with Crippen molar-refractivity contribution < 1.29 is 4.79 Å². The largest absolute Gasteiger partial charge is 0.382 e. The summed E-state index contributed by atoms with van der Waals surface area (Å²) in [5.74, 6) is -0.641. The summed E-state index contributed by atoms with van der Waals surface area (Å²) in [6.07, 6.45) is 0. The Morgan fingerprint density at radius 1 is 1.35 bits per heavy atom. The average molecular weight is 272 g/mol. The normalized spacial score (nSPS) is 10.6. The van der Waals surface area contributed by atoms with Crippen LogP contribution >= 0.6 is 0 Å². The van der Waals surface area contributed by atoms with Crippen LogP contribution in [0, 0.1) is 30.6 Å². The third-order valence-electron chi connectivity index (χ3n) is 2.59. The van der Waals surface area contributed by atoms with Gasteiger partial charge in [0.25, 0.3) is 0 Å². The van der Waals surface area contributed by atoms with Crippen molar-refractivity contribution in [2.24, 2.45) is 10.8 Å². The minimum absolute atomic E-state index is 0.215.